The lowest BCUT2D eigenvalue weighted by Gasteiger charge is -2.14. The van der Waals surface area contributed by atoms with Crippen molar-refractivity contribution < 1.29 is 41.0 Å². The fraction of sp³-hybridized carbons (Fsp3) is 0.136. The van der Waals surface area contributed by atoms with Crippen LogP contribution in [0.1, 0.15) is 15.9 Å². The lowest BCUT2D eigenvalue weighted by molar-refractivity contribution is -0.137. The highest BCUT2D eigenvalue weighted by atomic mass is 35.5. The van der Waals surface area contributed by atoms with Gasteiger partial charge in [-0.3, -0.25) is 10.1 Å². The Morgan fingerprint density at radius 1 is 0.919 bits per heavy atom. The predicted octanol–water partition coefficient (Wildman–Crippen LogP) is 6.76. The van der Waals surface area contributed by atoms with Gasteiger partial charge in [-0.15, -0.1) is 0 Å². The standard InChI is InChI=1S/C22H13Cl3F5N3O4/c23-12-7-11(32-21(35)33-19(34)17-15(26)2-1-3-16(17)27)8-13(24)18(12)36-4-5-37-20-14(25)6-10(9-31-20)22(28,29)30/h1-3,6-9H,4-5H2,(H2,32,33,34,35). The topological polar surface area (TPSA) is 89.6 Å². The first kappa shape index (κ1) is 28.2. The second-order valence-electron chi connectivity index (χ2n) is 6.98. The van der Waals surface area contributed by atoms with Crippen molar-refractivity contribution in [3.05, 3.63) is 80.4 Å². The number of carbonyl (C=O) groups excluding carboxylic acids is 2. The van der Waals surface area contributed by atoms with Crippen molar-refractivity contribution in [3.8, 4) is 11.6 Å². The molecular formula is C22H13Cl3F5N3O4. The van der Waals surface area contributed by atoms with Gasteiger partial charge in [0.1, 0.15) is 35.4 Å². The Morgan fingerprint density at radius 2 is 1.51 bits per heavy atom. The molecule has 1 aromatic heterocycles. The number of anilines is 1. The molecule has 3 aromatic rings. The van der Waals surface area contributed by atoms with Crippen LogP contribution in [0, 0.1) is 11.6 Å². The van der Waals surface area contributed by atoms with Crippen LogP contribution >= 0.6 is 34.8 Å². The number of imide groups is 1. The van der Waals surface area contributed by atoms with Gasteiger partial charge in [-0.1, -0.05) is 40.9 Å². The molecule has 3 rings (SSSR count). The van der Waals surface area contributed by atoms with E-state index in [0.717, 1.165) is 18.2 Å². The van der Waals surface area contributed by atoms with Gasteiger partial charge < -0.3 is 14.8 Å². The Balaban J connectivity index is 1.56. The zero-order valence-corrected chi connectivity index (χ0v) is 20.3. The number of amides is 3. The first-order valence-corrected chi connectivity index (χ1v) is 11.0. The number of hydrogen-bond donors (Lipinski definition) is 2. The minimum atomic E-state index is -4.61. The van der Waals surface area contributed by atoms with E-state index in [2.05, 4.69) is 10.3 Å². The van der Waals surface area contributed by atoms with Crippen molar-refractivity contribution in [2.45, 2.75) is 6.18 Å². The lowest BCUT2D eigenvalue weighted by Crippen LogP contribution is -2.35. The largest absolute Gasteiger partial charge is 0.487 e. The van der Waals surface area contributed by atoms with Crippen molar-refractivity contribution in [2.24, 2.45) is 0 Å². The third kappa shape index (κ3) is 7.34. The molecule has 196 valence electrons. The minimum absolute atomic E-state index is 0.0126. The summed E-state index contributed by atoms with van der Waals surface area (Å²) < 4.78 is 76.0. The maximum absolute atomic E-state index is 13.7. The van der Waals surface area contributed by atoms with Crippen molar-refractivity contribution in [3.63, 3.8) is 0 Å². The second kappa shape index (κ2) is 11.8. The van der Waals surface area contributed by atoms with Crippen molar-refractivity contribution in [1.29, 1.82) is 0 Å². The molecular weight excluding hydrogens is 572 g/mol. The van der Waals surface area contributed by atoms with Crippen LogP contribution in [0.3, 0.4) is 0 Å². The molecule has 2 N–H and O–H groups in total. The number of alkyl halides is 3. The van der Waals surface area contributed by atoms with Crippen LogP contribution < -0.4 is 20.1 Å². The van der Waals surface area contributed by atoms with Gasteiger partial charge in [-0.05, 0) is 30.3 Å². The van der Waals surface area contributed by atoms with Crippen LogP contribution in [0.4, 0.5) is 32.4 Å². The second-order valence-corrected chi connectivity index (χ2v) is 8.20. The number of nitrogens with zero attached hydrogens (tertiary/aromatic N) is 1. The summed E-state index contributed by atoms with van der Waals surface area (Å²) in [7, 11) is 0. The first-order chi connectivity index (χ1) is 17.4. The number of rotatable bonds is 7. The van der Waals surface area contributed by atoms with E-state index in [0.29, 0.717) is 12.3 Å². The SMILES string of the molecule is O=C(NC(=O)c1c(F)cccc1F)Nc1cc(Cl)c(OCCOc2ncc(C(F)(F)F)cc2Cl)c(Cl)c1. The summed E-state index contributed by atoms with van der Waals surface area (Å²) in [6, 6.07) is 4.74. The van der Waals surface area contributed by atoms with Gasteiger partial charge in [0.05, 0.1) is 15.6 Å². The summed E-state index contributed by atoms with van der Waals surface area (Å²) in [6.45, 7) is -0.365. The molecule has 2 aromatic carbocycles. The van der Waals surface area contributed by atoms with Gasteiger partial charge in [0, 0.05) is 11.9 Å². The highest BCUT2D eigenvalue weighted by molar-refractivity contribution is 6.37. The Morgan fingerprint density at radius 3 is 2.08 bits per heavy atom. The van der Waals surface area contributed by atoms with Crippen LogP contribution in [0.5, 0.6) is 11.6 Å². The van der Waals surface area contributed by atoms with Crippen LogP contribution in [-0.2, 0) is 6.18 Å². The number of benzene rings is 2. The fourth-order valence-electron chi connectivity index (χ4n) is 2.78. The number of halogens is 8. The van der Waals surface area contributed by atoms with E-state index in [1.165, 1.54) is 12.1 Å². The van der Waals surface area contributed by atoms with E-state index >= 15 is 0 Å². The van der Waals surface area contributed by atoms with Crippen LogP contribution in [0.2, 0.25) is 15.1 Å². The maximum Gasteiger partial charge on any atom is 0.417 e. The molecule has 0 saturated carbocycles. The number of urea groups is 1. The third-order valence-corrected chi connectivity index (χ3v) is 5.21. The van der Waals surface area contributed by atoms with E-state index in [1.54, 1.807) is 5.32 Å². The Labute approximate surface area is 220 Å². The molecule has 0 aliphatic rings. The maximum atomic E-state index is 13.7. The molecule has 0 atom stereocenters. The summed E-state index contributed by atoms with van der Waals surface area (Å²) >= 11 is 18.0. The quantitative estimate of drug-likeness (QED) is 0.237. The molecule has 1 heterocycles. The number of carbonyl (C=O) groups is 2. The minimum Gasteiger partial charge on any atom is -0.487 e. The van der Waals surface area contributed by atoms with Gasteiger partial charge in [0.2, 0.25) is 5.88 Å². The molecule has 0 radical (unpaired) electrons. The predicted molar refractivity (Wildman–Crippen MR) is 125 cm³/mol. The molecule has 7 nitrogen and oxygen atoms in total. The summed E-state index contributed by atoms with van der Waals surface area (Å²) in [6.07, 6.45) is -4.04. The fourth-order valence-corrected chi connectivity index (χ4v) is 3.60. The van der Waals surface area contributed by atoms with E-state index in [1.807, 2.05) is 0 Å². The number of pyridine rings is 1. The van der Waals surface area contributed by atoms with Gasteiger partial charge >= 0.3 is 12.2 Å². The monoisotopic (exact) mass is 583 g/mol. The van der Waals surface area contributed by atoms with Gasteiger partial charge in [-0.2, -0.15) is 13.2 Å². The Hall–Kier alpha value is -3.35. The molecule has 0 aliphatic heterocycles. The zero-order chi connectivity index (χ0) is 27.3. The number of ether oxygens (including phenoxy) is 2. The molecule has 0 aliphatic carbocycles. The molecule has 15 heteroatoms. The van der Waals surface area contributed by atoms with E-state index < -0.39 is 40.9 Å². The van der Waals surface area contributed by atoms with Gasteiger partial charge in [0.15, 0.2) is 5.75 Å². The highest BCUT2D eigenvalue weighted by Crippen LogP contribution is 2.36. The highest BCUT2D eigenvalue weighted by Gasteiger charge is 2.31. The van der Waals surface area contributed by atoms with Crippen LogP contribution in [-0.4, -0.2) is 30.1 Å². The van der Waals surface area contributed by atoms with Crippen LogP contribution in [0.25, 0.3) is 0 Å². The first-order valence-electron chi connectivity index (χ1n) is 9.90. The number of nitrogens with one attached hydrogen (secondary N) is 2. The molecule has 0 bridgehead atoms. The molecule has 37 heavy (non-hydrogen) atoms. The molecule has 0 spiro atoms. The van der Waals surface area contributed by atoms with Crippen molar-refractivity contribution >= 4 is 52.4 Å². The third-order valence-electron chi connectivity index (χ3n) is 4.38. The van der Waals surface area contributed by atoms with Gasteiger partial charge in [0.25, 0.3) is 5.91 Å². The Bertz CT molecular complexity index is 1300. The number of aromatic nitrogens is 1. The van der Waals surface area contributed by atoms with E-state index in [4.69, 9.17) is 44.3 Å². The molecule has 0 saturated heterocycles. The molecule has 3 amide bonds. The molecule has 0 fully saturated rings. The average Bonchev–Trinajstić information content (AvgIpc) is 2.78. The lowest BCUT2D eigenvalue weighted by atomic mass is 10.2. The molecule has 0 unspecified atom stereocenters. The smallest absolute Gasteiger partial charge is 0.417 e. The van der Waals surface area contributed by atoms with E-state index in [9.17, 15) is 31.5 Å². The zero-order valence-electron chi connectivity index (χ0n) is 18.1. The van der Waals surface area contributed by atoms with Crippen molar-refractivity contribution in [2.75, 3.05) is 18.5 Å². The Kier molecular flexibility index (Phi) is 9.00. The van der Waals surface area contributed by atoms with E-state index in [-0.39, 0.29) is 45.6 Å². The number of hydrogen-bond acceptors (Lipinski definition) is 5. The normalized spacial score (nSPS) is 11.1. The van der Waals surface area contributed by atoms with Crippen molar-refractivity contribution in [1.82, 2.24) is 10.3 Å². The van der Waals surface area contributed by atoms with Gasteiger partial charge in [-0.25, -0.2) is 18.6 Å². The summed E-state index contributed by atoms with van der Waals surface area (Å²) in [5.41, 5.74) is -1.96. The van der Waals surface area contributed by atoms with Crippen LogP contribution in [0.15, 0.2) is 42.6 Å². The summed E-state index contributed by atoms with van der Waals surface area (Å²) in [5.74, 6) is -3.89. The summed E-state index contributed by atoms with van der Waals surface area (Å²) in [4.78, 5) is 27.6. The average molecular weight is 585 g/mol. The summed E-state index contributed by atoms with van der Waals surface area (Å²) in [5, 5.41) is 3.51.